The van der Waals surface area contributed by atoms with Gasteiger partial charge in [0.2, 0.25) is 11.9 Å². The third-order valence-electron chi connectivity index (χ3n) is 5.82. The van der Waals surface area contributed by atoms with Crippen LogP contribution in [0.5, 0.6) is 0 Å². The number of rotatable bonds is 6. The minimum absolute atomic E-state index is 0.0202. The molecule has 10 heteroatoms. The monoisotopic (exact) mass is 477 g/mol. The van der Waals surface area contributed by atoms with Crippen LogP contribution < -0.4 is 10.0 Å². The van der Waals surface area contributed by atoms with Crippen LogP contribution in [0, 0.1) is 18.7 Å². The van der Waals surface area contributed by atoms with Crippen LogP contribution in [0.15, 0.2) is 72.1 Å². The maximum absolute atomic E-state index is 12.9. The molecule has 1 aliphatic carbocycles. The van der Waals surface area contributed by atoms with Crippen molar-refractivity contribution in [2.75, 3.05) is 10.0 Å². The lowest BCUT2D eigenvalue weighted by molar-refractivity contribution is -0.117. The molecule has 0 radical (unpaired) electrons. The second-order valence-electron chi connectivity index (χ2n) is 8.23. The van der Waals surface area contributed by atoms with E-state index in [9.17, 15) is 17.6 Å². The minimum Gasteiger partial charge on any atom is -0.326 e. The number of nitrogens with one attached hydrogen (secondary N) is 2. The van der Waals surface area contributed by atoms with Crippen LogP contribution in [0.4, 0.5) is 16.0 Å². The van der Waals surface area contributed by atoms with Gasteiger partial charge in [-0.15, -0.1) is 0 Å². The first-order valence-electron chi connectivity index (χ1n) is 10.6. The highest BCUT2D eigenvalue weighted by molar-refractivity contribution is 7.92. The van der Waals surface area contributed by atoms with Gasteiger partial charge >= 0.3 is 0 Å². The zero-order valence-electron chi connectivity index (χ0n) is 18.1. The fourth-order valence-electron chi connectivity index (χ4n) is 3.91. The fourth-order valence-corrected chi connectivity index (χ4v) is 4.87. The van der Waals surface area contributed by atoms with Crippen molar-refractivity contribution in [1.29, 1.82) is 0 Å². The van der Waals surface area contributed by atoms with Gasteiger partial charge in [-0.05, 0) is 60.0 Å². The largest absolute Gasteiger partial charge is 0.326 e. The highest BCUT2D eigenvalue weighted by Crippen LogP contribution is 2.48. The quantitative estimate of drug-likeness (QED) is 0.434. The smallest absolute Gasteiger partial charge is 0.264 e. The average molecular weight is 478 g/mol. The number of carbonyl (C=O) groups excluding carboxylic acids is 1. The van der Waals surface area contributed by atoms with E-state index >= 15 is 0 Å². The van der Waals surface area contributed by atoms with Gasteiger partial charge in [-0.2, -0.15) is 0 Å². The molecule has 1 aliphatic rings. The number of hydrogen-bond donors (Lipinski definition) is 2. The SMILES string of the molecule is Cc1cncc2ccc(NC(=O)[C@@H]3C[C@H]3c3ccc(S(=O)(=O)Nc4ncc(F)cn4)cc3)cc12. The number of sulfonamides is 1. The van der Waals surface area contributed by atoms with Crippen molar-refractivity contribution in [3.05, 3.63) is 84.2 Å². The molecule has 1 amide bonds. The van der Waals surface area contributed by atoms with Crippen molar-refractivity contribution in [3.8, 4) is 0 Å². The zero-order chi connectivity index (χ0) is 23.9. The molecule has 0 bridgehead atoms. The lowest BCUT2D eigenvalue weighted by Crippen LogP contribution is -2.15. The molecule has 0 unspecified atom stereocenters. The van der Waals surface area contributed by atoms with Gasteiger partial charge in [0.1, 0.15) is 0 Å². The van der Waals surface area contributed by atoms with Gasteiger partial charge in [0.15, 0.2) is 5.82 Å². The van der Waals surface area contributed by atoms with Crippen LogP contribution in [0.3, 0.4) is 0 Å². The van der Waals surface area contributed by atoms with Crippen LogP contribution in [-0.2, 0) is 14.8 Å². The molecule has 2 heterocycles. The Hall–Kier alpha value is -3.92. The van der Waals surface area contributed by atoms with Crippen molar-refractivity contribution in [2.24, 2.45) is 5.92 Å². The lowest BCUT2D eigenvalue weighted by Gasteiger charge is -2.09. The van der Waals surface area contributed by atoms with E-state index in [1.54, 1.807) is 24.5 Å². The number of hydrogen-bond acceptors (Lipinski definition) is 6. The summed E-state index contributed by atoms with van der Waals surface area (Å²) in [5.41, 5.74) is 2.65. The standard InChI is InChI=1S/C24H20FN5O3S/c1-14-10-26-11-16-2-5-18(8-20(14)16)29-23(31)22-9-21(22)15-3-6-19(7-4-15)34(32,33)30-24-27-12-17(25)13-28-24/h2-8,10-13,21-22H,9H2,1H3,(H,29,31)(H,27,28,30)/t21-,22+/m0/s1. The van der Waals surface area contributed by atoms with E-state index in [-0.39, 0.29) is 28.6 Å². The van der Waals surface area contributed by atoms with Crippen LogP contribution in [0.2, 0.25) is 0 Å². The molecule has 5 rings (SSSR count). The number of pyridine rings is 1. The molecule has 34 heavy (non-hydrogen) atoms. The highest BCUT2D eigenvalue weighted by atomic mass is 32.2. The van der Waals surface area contributed by atoms with Gasteiger partial charge in [-0.3, -0.25) is 9.78 Å². The van der Waals surface area contributed by atoms with Crippen LogP contribution in [0.1, 0.15) is 23.5 Å². The third kappa shape index (κ3) is 4.44. The normalized spacial score (nSPS) is 17.4. The Morgan fingerprint density at radius 1 is 1.03 bits per heavy atom. The van der Waals surface area contributed by atoms with Crippen molar-refractivity contribution in [3.63, 3.8) is 0 Å². The van der Waals surface area contributed by atoms with Crippen LogP contribution >= 0.6 is 0 Å². The van der Waals surface area contributed by atoms with Crippen molar-refractivity contribution in [2.45, 2.75) is 24.2 Å². The van der Waals surface area contributed by atoms with Gasteiger partial charge < -0.3 is 5.32 Å². The van der Waals surface area contributed by atoms with Crippen molar-refractivity contribution >= 4 is 38.3 Å². The van der Waals surface area contributed by atoms with E-state index in [1.807, 2.05) is 25.1 Å². The molecule has 2 N–H and O–H groups in total. The van der Waals surface area contributed by atoms with E-state index < -0.39 is 15.8 Å². The Morgan fingerprint density at radius 2 is 1.76 bits per heavy atom. The molecule has 0 aliphatic heterocycles. The van der Waals surface area contributed by atoms with Crippen molar-refractivity contribution in [1.82, 2.24) is 15.0 Å². The zero-order valence-corrected chi connectivity index (χ0v) is 18.9. The second-order valence-corrected chi connectivity index (χ2v) is 9.91. The summed E-state index contributed by atoms with van der Waals surface area (Å²) < 4.78 is 40.2. The molecule has 0 spiro atoms. The lowest BCUT2D eigenvalue weighted by atomic mass is 10.1. The fraction of sp³-hybridized carbons (Fsp3) is 0.167. The average Bonchev–Trinajstić information content (AvgIpc) is 3.62. The maximum atomic E-state index is 12.9. The minimum atomic E-state index is -3.92. The van der Waals surface area contributed by atoms with E-state index in [1.165, 1.54) is 12.1 Å². The summed E-state index contributed by atoms with van der Waals surface area (Å²) in [6, 6.07) is 12.1. The molecule has 0 saturated heterocycles. The molecule has 172 valence electrons. The summed E-state index contributed by atoms with van der Waals surface area (Å²) >= 11 is 0. The van der Waals surface area contributed by atoms with Gasteiger partial charge in [0.25, 0.3) is 10.0 Å². The first-order chi connectivity index (χ1) is 16.3. The molecule has 2 aromatic carbocycles. The Kier molecular flexibility index (Phi) is 5.45. The summed E-state index contributed by atoms with van der Waals surface area (Å²) in [7, 11) is -3.92. The van der Waals surface area contributed by atoms with Crippen LogP contribution in [0.25, 0.3) is 10.8 Å². The Morgan fingerprint density at radius 3 is 2.50 bits per heavy atom. The Bertz CT molecular complexity index is 1490. The highest BCUT2D eigenvalue weighted by Gasteiger charge is 2.44. The number of nitrogens with zero attached hydrogens (tertiary/aromatic N) is 3. The summed E-state index contributed by atoms with van der Waals surface area (Å²) in [5, 5.41) is 5.03. The summed E-state index contributed by atoms with van der Waals surface area (Å²) in [4.78, 5) is 24.2. The topological polar surface area (TPSA) is 114 Å². The van der Waals surface area contributed by atoms with E-state index in [0.717, 1.165) is 40.0 Å². The van der Waals surface area contributed by atoms with Gasteiger partial charge in [-0.25, -0.2) is 27.5 Å². The van der Waals surface area contributed by atoms with Crippen molar-refractivity contribution < 1.29 is 17.6 Å². The number of amides is 1. The molecule has 1 fully saturated rings. The Balaban J connectivity index is 1.24. The first-order valence-corrected chi connectivity index (χ1v) is 12.0. The first kappa shape index (κ1) is 21.9. The Labute approximate surface area is 195 Å². The third-order valence-corrected chi connectivity index (χ3v) is 7.16. The number of aryl methyl sites for hydroxylation is 1. The molecular weight excluding hydrogens is 457 g/mol. The van der Waals surface area contributed by atoms with Gasteiger partial charge in [0.05, 0.1) is 17.3 Å². The summed E-state index contributed by atoms with van der Waals surface area (Å²) in [6.45, 7) is 1.98. The van der Waals surface area contributed by atoms with Crippen LogP contribution in [-0.4, -0.2) is 29.3 Å². The summed E-state index contributed by atoms with van der Waals surface area (Å²) in [6.07, 6.45) is 6.02. The number of carbonyl (C=O) groups is 1. The number of halogens is 1. The number of benzene rings is 2. The molecule has 1 saturated carbocycles. The maximum Gasteiger partial charge on any atom is 0.264 e. The second kappa shape index (κ2) is 8.45. The number of fused-ring (bicyclic) bond motifs is 1. The number of anilines is 2. The van der Waals surface area contributed by atoms with Gasteiger partial charge in [-0.1, -0.05) is 18.2 Å². The predicted octanol–water partition coefficient (Wildman–Crippen LogP) is 4.02. The number of aromatic nitrogens is 3. The van der Waals surface area contributed by atoms with E-state index in [4.69, 9.17) is 0 Å². The van der Waals surface area contributed by atoms with E-state index in [0.29, 0.717) is 6.42 Å². The van der Waals surface area contributed by atoms with Gasteiger partial charge in [0, 0.05) is 29.4 Å². The summed E-state index contributed by atoms with van der Waals surface area (Å²) in [5.74, 6) is -1.10. The molecular formula is C24H20FN5O3S. The molecule has 4 aromatic rings. The molecule has 2 aromatic heterocycles. The molecule has 8 nitrogen and oxygen atoms in total. The van der Waals surface area contributed by atoms with E-state index in [2.05, 4.69) is 25.0 Å². The molecule has 2 atom stereocenters. The predicted molar refractivity (Wildman–Crippen MR) is 125 cm³/mol.